The first-order valence-electron chi connectivity index (χ1n) is 3.77. The van der Waals surface area contributed by atoms with Crippen LogP contribution in [0, 0.1) is 6.92 Å². The average Bonchev–Trinajstić information content (AvgIpc) is 2.05. The van der Waals surface area contributed by atoms with Gasteiger partial charge in [-0.2, -0.15) is 9.79 Å². The van der Waals surface area contributed by atoms with Gasteiger partial charge in [0.2, 0.25) is 0 Å². The predicted molar refractivity (Wildman–Crippen MR) is 53.5 cm³/mol. The van der Waals surface area contributed by atoms with Crippen molar-refractivity contribution in [2.45, 2.75) is 6.92 Å². The normalized spacial score (nSPS) is 11.0. The van der Waals surface area contributed by atoms with E-state index in [9.17, 15) is 9.79 Å². The zero-order valence-electron chi connectivity index (χ0n) is 7.34. The van der Waals surface area contributed by atoms with Crippen molar-refractivity contribution in [2.75, 3.05) is 0 Å². The van der Waals surface area contributed by atoms with Gasteiger partial charge < -0.3 is 0 Å². The minimum absolute atomic E-state index is 0.387. The second-order valence-electron chi connectivity index (χ2n) is 2.65. The molecule has 0 amide bonds. The summed E-state index contributed by atoms with van der Waals surface area (Å²) in [6, 6.07) is 6.85. The number of aryl methyl sites for hydroxylation is 1. The second kappa shape index (κ2) is 3.88. The van der Waals surface area contributed by atoms with Crippen molar-refractivity contribution >= 4 is 13.2 Å². The molecule has 0 saturated heterocycles. The number of rotatable bonds is 3. The van der Waals surface area contributed by atoms with Crippen molar-refractivity contribution in [1.29, 1.82) is 0 Å². The molecule has 0 bridgehead atoms. The molecule has 4 heteroatoms. The lowest BCUT2D eigenvalue weighted by Gasteiger charge is -2.08. The minimum atomic E-state index is -3.43. The van der Waals surface area contributed by atoms with Gasteiger partial charge in [0.05, 0.1) is 0 Å². The molecule has 0 aliphatic carbocycles. The maximum absolute atomic E-state index is 9.45. The maximum atomic E-state index is 9.45. The fourth-order valence-electron chi connectivity index (χ4n) is 0.904. The Morgan fingerprint density at radius 3 is 2.31 bits per heavy atom. The van der Waals surface area contributed by atoms with E-state index in [2.05, 4.69) is 11.1 Å². The van der Waals surface area contributed by atoms with Crippen molar-refractivity contribution in [2.24, 2.45) is 0 Å². The van der Waals surface area contributed by atoms with Gasteiger partial charge in [0, 0.05) is 0 Å². The van der Waals surface area contributed by atoms with Crippen molar-refractivity contribution in [3.05, 3.63) is 42.7 Å². The Bertz CT molecular complexity index is 292. The van der Waals surface area contributed by atoms with Crippen LogP contribution in [0.15, 0.2) is 37.1 Å². The molecule has 0 aliphatic heterocycles. The average molecular weight is 199 g/mol. The molecule has 1 aromatic carbocycles. The molecule has 0 aliphatic rings. The second-order valence-corrected chi connectivity index (χ2v) is 4.47. The molecule has 13 heavy (non-hydrogen) atoms. The van der Waals surface area contributed by atoms with Gasteiger partial charge in [-0.25, -0.2) is 0 Å². The van der Waals surface area contributed by atoms with Gasteiger partial charge in [-0.1, -0.05) is 24.3 Å². The van der Waals surface area contributed by atoms with Crippen LogP contribution in [0.1, 0.15) is 5.56 Å². The van der Waals surface area contributed by atoms with Gasteiger partial charge >= 0.3 is 7.94 Å². The highest BCUT2D eigenvalue weighted by molar-refractivity contribution is 7.67. The van der Waals surface area contributed by atoms with Gasteiger partial charge in [-0.05, 0) is 19.1 Å². The Labute approximate surface area is 77.9 Å². The fourth-order valence-corrected chi connectivity index (χ4v) is 1.77. The fraction of sp³-hybridized carbons (Fsp3) is 0.111. The smallest absolute Gasteiger partial charge is 0.289 e. The van der Waals surface area contributed by atoms with Crippen LogP contribution in [0.2, 0.25) is 0 Å². The zero-order chi connectivity index (χ0) is 9.90. The number of benzene rings is 1. The molecule has 0 radical (unpaired) electrons. The summed E-state index contributed by atoms with van der Waals surface area (Å²) in [5.74, 6) is 0. The van der Waals surface area contributed by atoms with Crippen LogP contribution >= 0.6 is 7.94 Å². The molecule has 0 fully saturated rings. The zero-order valence-corrected chi connectivity index (χ0v) is 8.24. The van der Waals surface area contributed by atoms with Crippen molar-refractivity contribution in [3.63, 3.8) is 0 Å². The third-order valence-electron chi connectivity index (χ3n) is 1.59. The van der Waals surface area contributed by atoms with E-state index in [4.69, 9.17) is 0 Å². The monoisotopic (exact) mass is 199 g/mol. The predicted octanol–water partition coefficient (Wildman–Crippen LogP) is 1.53. The molecule has 2 N–H and O–H groups in total. The Hall–Kier alpha value is -0.890. The summed E-state index contributed by atoms with van der Waals surface area (Å²) in [5.41, 5.74) is 1.06. The van der Waals surface area contributed by atoms with Crippen LogP contribution in [-0.4, -0.2) is 9.79 Å². The van der Waals surface area contributed by atoms with Crippen molar-refractivity contribution in [1.82, 2.24) is 0 Å². The summed E-state index contributed by atoms with van der Waals surface area (Å²) in [7, 11) is -3.43. The van der Waals surface area contributed by atoms with E-state index in [-0.39, 0.29) is 0 Å². The highest BCUT2D eigenvalue weighted by Gasteiger charge is 2.38. The Morgan fingerprint density at radius 2 is 1.85 bits per heavy atom. The van der Waals surface area contributed by atoms with E-state index in [1.54, 1.807) is 24.3 Å². The first-order chi connectivity index (χ1) is 6.06. The number of hydrogen-bond acceptors (Lipinski definition) is 3. The maximum Gasteiger partial charge on any atom is 0.486 e. The highest BCUT2D eigenvalue weighted by Crippen LogP contribution is 2.49. The third kappa shape index (κ3) is 2.52. The van der Waals surface area contributed by atoms with E-state index in [1.165, 1.54) is 0 Å². The van der Waals surface area contributed by atoms with Gasteiger partial charge in [0.25, 0.3) is 0 Å². The molecule has 1 rings (SSSR count). The van der Waals surface area contributed by atoms with Crippen LogP contribution in [0.25, 0.3) is 0 Å². The highest BCUT2D eigenvalue weighted by atomic mass is 31.2. The molecule has 3 nitrogen and oxygen atoms in total. The lowest BCUT2D eigenvalue weighted by atomic mass is 10.2. The van der Waals surface area contributed by atoms with Crippen LogP contribution in [0.5, 0.6) is 0 Å². The lowest BCUT2D eigenvalue weighted by molar-refractivity contribution is 0.323. The molecule has 1 aromatic rings. The topological polar surface area (TPSA) is 49.7 Å². The largest absolute Gasteiger partial charge is 0.486 e. The first kappa shape index (κ1) is 10.2. The van der Waals surface area contributed by atoms with E-state index in [0.29, 0.717) is 5.30 Å². The van der Waals surface area contributed by atoms with E-state index in [1.807, 2.05) is 6.92 Å². The molecule has 0 saturated carbocycles. The molecule has 0 aromatic heterocycles. The van der Waals surface area contributed by atoms with Gasteiger partial charge in [0.15, 0.2) is 5.30 Å². The summed E-state index contributed by atoms with van der Waals surface area (Å²) in [4.78, 5) is 18.9. The molecular formula is C9H12O3P+. The van der Waals surface area contributed by atoms with Crippen LogP contribution < -0.4 is 5.30 Å². The Morgan fingerprint density at radius 1 is 1.31 bits per heavy atom. The molecule has 0 spiro atoms. The number of hydrogen-bond donors (Lipinski definition) is 2. The summed E-state index contributed by atoms with van der Waals surface area (Å²) in [6.45, 7) is 5.20. The molecular weight excluding hydrogens is 187 g/mol. The Kier molecular flexibility index (Phi) is 3.04. The van der Waals surface area contributed by atoms with Crippen molar-refractivity contribution < 1.29 is 14.3 Å². The lowest BCUT2D eigenvalue weighted by Crippen LogP contribution is -2.10. The van der Waals surface area contributed by atoms with Crippen molar-refractivity contribution in [3.8, 4) is 0 Å². The quantitative estimate of drug-likeness (QED) is 0.573. The first-order valence-corrected chi connectivity index (χ1v) is 5.38. The van der Waals surface area contributed by atoms with E-state index in [0.717, 1.165) is 11.8 Å². The standard InChI is InChI=1S/C9H12O3P/c1-3-12-13(10,11)9-6-4-8(2)5-7-9/h3-7,10-11H,1H2,2H3/q+1. The van der Waals surface area contributed by atoms with E-state index < -0.39 is 7.94 Å². The van der Waals surface area contributed by atoms with E-state index >= 15 is 0 Å². The summed E-state index contributed by atoms with van der Waals surface area (Å²) in [6.07, 6.45) is 1.04. The van der Waals surface area contributed by atoms with Gasteiger partial charge in [-0.3, -0.25) is 4.52 Å². The summed E-state index contributed by atoms with van der Waals surface area (Å²) >= 11 is 0. The third-order valence-corrected chi connectivity index (χ3v) is 3.01. The summed E-state index contributed by atoms with van der Waals surface area (Å²) in [5, 5.41) is 0.387. The minimum Gasteiger partial charge on any atom is -0.289 e. The van der Waals surface area contributed by atoms with Crippen LogP contribution in [-0.2, 0) is 4.52 Å². The molecule has 0 unspecified atom stereocenters. The SMILES string of the molecule is C=CO[P+](O)(O)c1ccc(C)cc1. The van der Waals surface area contributed by atoms with Gasteiger partial charge in [0.1, 0.15) is 6.26 Å². The molecule has 0 atom stereocenters. The van der Waals surface area contributed by atoms with Gasteiger partial charge in [-0.15, -0.1) is 0 Å². The van der Waals surface area contributed by atoms with Crippen LogP contribution in [0.3, 0.4) is 0 Å². The Balaban J connectivity index is 2.93. The molecule has 0 heterocycles. The van der Waals surface area contributed by atoms with Crippen LogP contribution in [0.4, 0.5) is 0 Å². The molecule has 70 valence electrons. The summed E-state index contributed by atoms with van der Waals surface area (Å²) < 4.78 is 4.64.